The lowest BCUT2D eigenvalue weighted by Gasteiger charge is -2.12. The molecule has 4 rings (SSSR count). The summed E-state index contributed by atoms with van der Waals surface area (Å²) in [6, 6.07) is 15.9. The fraction of sp³-hybridized carbons (Fsp3) is 0.125. The molecule has 0 atom stereocenters. The number of aryl methyl sites for hydroxylation is 1. The van der Waals surface area contributed by atoms with Gasteiger partial charge in [0.1, 0.15) is 10.0 Å². The molecule has 0 radical (unpaired) electrons. The van der Waals surface area contributed by atoms with E-state index in [1.54, 1.807) is 0 Å². The van der Waals surface area contributed by atoms with E-state index in [0.29, 0.717) is 21.2 Å². The summed E-state index contributed by atoms with van der Waals surface area (Å²) in [6.45, 7) is 5.69. The molecule has 0 bridgehead atoms. The van der Waals surface area contributed by atoms with Crippen molar-refractivity contribution >= 4 is 50.9 Å². The van der Waals surface area contributed by atoms with Gasteiger partial charge in [-0.05, 0) is 56.2 Å². The van der Waals surface area contributed by atoms with Crippen molar-refractivity contribution in [3.05, 3.63) is 92.2 Å². The van der Waals surface area contributed by atoms with Gasteiger partial charge in [-0.3, -0.25) is 4.79 Å². The minimum atomic E-state index is 0.0534. The van der Waals surface area contributed by atoms with Crippen LogP contribution >= 0.6 is 22.9 Å². The molecule has 144 valence electrons. The van der Waals surface area contributed by atoms with Crippen molar-refractivity contribution in [3.8, 4) is 0 Å². The molecule has 0 saturated carbocycles. The maximum absolute atomic E-state index is 12.2. The zero-order valence-electron chi connectivity index (χ0n) is 16.4. The Labute approximate surface area is 178 Å². The molecular formula is C24H19ClN2OS. The van der Waals surface area contributed by atoms with Crippen LogP contribution in [0.4, 0.5) is 5.69 Å². The topological polar surface area (TPSA) is 41.8 Å². The average molecular weight is 419 g/mol. The average Bonchev–Trinajstić information content (AvgIpc) is 3.04. The highest BCUT2D eigenvalue weighted by atomic mass is 35.5. The number of thiophene rings is 1. The molecule has 2 aromatic carbocycles. The molecule has 3 aromatic rings. The zero-order valence-corrected chi connectivity index (χ0v) is 17.9. The maximum Gasteiger partial charge on any atom is 0.184 e. The quantitative estimate of drug-likeness (QED) is 0.399. The summed E-state index contributed by atoms with van der Waals surface area (Å²) in [6.07, 6.45) is 3.75. The van der Waals surface area contributed by atoms with E-state index in [2.05, 4.69) is 10.2 Å². The Bertz CT molecular complexity index is 1220. The second-order valence-corrected chi connectivity index (χ2v) is 8.70. The number of carbonyl (C=O) groups is 1. The first-order chi connectivity index (χ1) is 13.9. The molecule has 1 aromatic heterocycles. The minimum Gasteiger partial charge on any atom is -0.289 e. The van der Waals surface area contributed by atoms with Crippen LogP contribution in [0.1, 0.15) is 24.3 Å². The number of hydrogen-bond donors (Lipinski definition) is 0. The van der Waals surface area contributed by atoms with Crippen LogP contribution in [0.2, 0.25) is 4.34 Å². The van der Waals surface area contributed by atoms with E-state index in [9.17, 15) is 4.79 Å². The van der Waals surface area contributed by atoms with Crippen molar-refractivity contribution in [1.82, 2.24) is 0 Å². The third kappa shape index (κ3) is 3.86. The van der Waals surface area contributed by atoms with Gasteiger partial charge in [-0.25, -0.2) is 0 Å². The van der Waals surface area contributed by atoms with Crippen LogP contribution in [0.15, 0.2) is 87.6 Å². The summed E-state index contributed by atoms with van der Waals surface area (Å²) in [5, 5.41) is 11.1. The molecule has 0 aliphatic heterocycles. The third-order valence-corrected chi connectivity index (χ3v) is 6.27. The van der Waals surface area contributed by atoms with E-state index < -0.39 is 0 Å². The number of Topliss-reactive ketones (excluding diaryl/α,β-unsaturated/α-hetero) is 1. The van der Waals surface area contributed by atoms with E-state index in [0.717, 1.165) is 26.9 Å². The van der Waals surface area contributed by atoms with Gasteiger partial charge in [0.2, 0.25) is 0 Å². The molecular weight excluding hydrogens is 400 g/mol. The zero-order chi connectivity index (χ0) is 20.5. The SMILES string of the molecule is CC1=CC(=C(N=Nc2ccc(C)cc2)c2sc(Cl)c3ccccc23)C=C(C)C1=O. The third-order valence-electron chi connectivity index (χ3n) is 4.82. The van der Waals surface area contributed by atoms with Crippen molar-refractivity contribution in [2.24, 2.45) is 10.2 Å². The number of ketones is 1. The number of azo groups is 1. The number of benzene rings is 2. The van der Waals surface area contributed by atoms with Crippen molar-refractivity contribution in [3.63, 3.8) is 0 Å². The summed E-state index contributed by atoms with van der Waals surface area (Å²) in [5.41, 5.74) is 4.89. The second kappa shape index (κ2) is 7.90. The number of carbonyl (C=O) groups excluding carboxylic acids is 1. The van der Waals surface area contributed by atoms with Gasteiger partial charge >= 0.3 is 0 Å². The Morgan fingerprint density at radius 1 is 0.897 bits per heavy atom. The van der Waals surface area contributed by atoms with Crippen molar-refractivity contribution in [2.45, 2.75) is 20.8 Å². The highest BCUT2D eigenvalue weighted by Crippen LogP contribution is 2.42. The number of fused-ring (bicyclic) bond motifs is 1. The first kappa shape index (κ1) is 19.5. The monoisotopic (exact) mass is 418 g/mol. The Hall–Kier alpha value is -2.82. The van der Waals surface area contributed by atoms with Crippen LogP contribution in [0.25, 0.3) is 16.5 Å². The minimum absolute atomic E-state index is 0.0534. The maximum atomic E-state index is 12.2. The molecule has 0 fully saturated rings. The van der Waals surface area contributed by atoms with Crippen LogP contribution in [-0.4, -0.2) is 5.78 Å². The van der Waals surface area contributed by atoms with Crippen molar-refractivity contribution in [2.75, 3.05) is 0 Å². The standard InChI is InChI=1S/C24H19ClN2OS/c1-14-8-10-18(11-9-14)26-27-21(17-12-15(2)22(28)16(3)13-17)23-19-6-4-5-7-20(19)24(25)29-23/h4-13H,1-3H3. The van der Waals surface area contributed by atoms with Gasteiger partial charge in [0.15, 0.2) is 5.78 Å². The lowest BCUT2D eigenvalue weighted by atomic mass is 9.94. The second-order valence-electron chi connectivity index (χ2n) is 7.07. The molecule has 29 heavy (non-hydrogen) atoms. The van der Waals surface area contributed by atoms with E-state index in [-0.39, 0.29) is 5.78 Å². The van der Waals surface area contributed by atoms with Crippen LogP contribution in [0, 0.1) is 6.92 Å². The first-order valence-corrected chi connectivity index (χ1v) is 10.4. The number of nitrogens with zero attached hydrogens (tertiary/aromatic N) is 2. The van der Waals surface area contributed by atoms with Gasteiger partial charge < -0.3 is 0 Å². The lowest BCUT2D eigenvalue weighted by Crippen LogP contribution is -2.06. The normalized spacial score (nSPS) is 14.5. The van der Waals surface area contributed by atoms with Crippen molar-refractivity contribution < 1.29 is 4.79 Å². The predicted molar refractivity (Wildman–Crippen MR) is 122 cm³/mol. The Morgan fingerprint density at radius 3 is 2.17 bits per heavy atom. The van der Waals surface area contributed by atoms with Gasteiger partial charge in [0.25, 0.3) is 0 Å². The molecule has 0 saturated heterocycles. The smallest absolute Gasteiger partial charge is 0.184 e. The van der Waals surface area contributed by atoms with Crippen molar-refractivity contribution in [1.29, 1.82) is 0 Å². The molecule has 0 spiro atoms. The molecule has 3 nitrogen and oxygen atoms in total. The van der Waals surface area contributed by atoms with Crippen LogP contribution in [0.3, 0.4) is 0 Å². The number of rotatable bonds is 3. The number of halogens is 1. The molecule has 0 amide bonds. The Kier molecular flexibility index (Phi) is 5.31. The van der Waals surface area contributed by atoms with Crippen LogP contribution in [0.5, 0.6) is 0 Å². The Morgan fingerprint density at radius 2 is 1.52 bits per heavy atom. The van der Waals surface area contributed by atoms with E-state index in [4.69, 9.17) is 11.6 Å². The molecule has 0 N–H and O–H groups in total. The lowest BCUT2D eigenvalue weighted by molar-refractivity contribution is -0.112. The fourth-order valence-corrected chi connectivity index (χ4v) is 4.68. The highest BCUT2D eigenvalue weighted by Gasteiger charge is 2.20. The molecule has 0 unspecified atom stereocenters. The highest BCUT2D eigenvalue weighted by molar-refractivity contribution is 7.19. The number of allylic oxidation sites excluding steroid dienone is 5. The summed E-state index contributed by atoms with van der Waals surface area (Å²) < 4.78 is 0.715. The van der Waals surface area contributed by atoms with Gasteiger partial charge in [-0.15, -0.1) is 16.5 Å². The van der Waals surface area contributed by atoms with E-state index in [1.165, 1.54) is 16.9 Å². The van der Waals surface area contributed by atoms with Gasteiger partial charge in [0, 0.05) is 16.3 Å². The molecule has 1 aliphatic carbocycles. The Balaban J connectivity index is 1.94. The molecule has 5 heteroatoms. The fourth-order valence-electron chi connectivity index (χ4n) is 3.27. The predicted octanol–water partition coefficient (Wildman–Crippen LogP) is 7.83. The van der Waals surface area contributed by atoms with E-state index in [1.807, 2.05) is 81.5 Å². The number of hydrogen-bond acceptors (Lipinski definition) is 4. The van der Waals surface area contributed by atoms with Gasteiger partial charge in [-0.2, -0.15) is 5.11 Å². The summed E-state index contributed by atoms with van der Waals surface area (Å²) in [4.78, 5) is 13.2. The van der Waals surface area contributed by atoms with Gasteiger partial charge in [-0.1, -0.05) is 53.6 Å². The largest absolute Gasteiger partial charge is 0.289 e. The molecule has 1 aliphatic rings. The summed E-state index contributed by atoms with van der Waals surface area (Å²) in [5.74, 6) is 0.0534. The molecule has 1 heterocycles. The summed E-state index contributed by atoms with van der Waals surface area (Å²) in [7, 11) is 0. The summed E-state index contributed by atoms with van der Waals surface area (Å²) >= 11 is 8.00. The first-order valence-electron chi connectivity index (χ1n) is 9.25. The van der Waals surface area contributed by atoms with Crippen LogP contribution in [-0.2, 0) is 4.79 Å². The van der Waals surface area contributed by atoms with Gasteiger partial charge in [0.05, 0.1) is 10.6 Å². The van der Waals surface area contributed by atoms with Crippen LogP contribution < -0.4 is 0 Å². The van der Waals surface area contributed by atoms with E-state index >= 15 is 0 Å².